The highest BCUT2D eigenvalue weighted by Gasteiger charge is 2.37. The van der Waals surface area contributed by atoms with E-state index < -0.39 is 5.97 Å². The molecule has 1 N–H and O–H groups in total. The molecule has 0 radical (unpaired) electrons. The smallest absolute Gasteiger partial charge is 0.309 e. The summed E-state index contributed by atoms with van der Waals surface area (Å²) in [7, 11) is 0. The van der Waals surface area contributed by atoms with E-state index in [1.807, 2.05) is 42.5 Å². The molecule has 0 atom stereocenters. The maximum absolute atomic E-state index is 10.9. The van der Waals surface area contributed by atoms with E-state index in [1.54, 1.807) is 0 Å². The molecule has 1 aromatic heterocycles. The van der Waals surface area contributed by atoms with Crippen LogP contribution in [-0.4, -0.2) is 52.4 Å². The van der Waals surface area contributed by atoms with Crippen molar-refractivity contribution in [1.29, 1.82) is 0 Å². The number of carboxylic acids is 1. The van der Waals surface area contributed by atoms with Crippen molar-refractivity contribution in [1.82, 2.24) is 15.0 Å². The summed E-state index contributed by atoms with van der Waals surface area (Å²) in [5.74, 6) is 0.0432. The highest BCUT2D eigenvalue weighted by Crippen LogP contribution is 2.41. The fourth-order valence-corrected chi connectivity index (χ4v) is 4.62. The van der Waals surface area contributed by atoms with Gasteiger partial charge >= 0.3 is 5.97 Å². The van der Waals surface area contributed by atoms with Crippen LogP contribution in [0.3, 0.4) is 0 Å². The molecule has 1 aliphatic carbocycles. The predicted octanol–water partition coefficient (Wildman–Crippen LogP) is 4.16. The molecule has 2 aliphatic rings. The first-order chi connectivity index (χ1) is 17.1. The van der Waals surface area contributed by atoms with Crippen LogP contribution in [0.5, 0.6) is 0 Å². The minimum absolute atomic E-state index is 0.0778. The van der Waals surface area contributed by atoms with Gasteiger partial charge in [0.2, 0.25) is 5.82 Å². The summed E-state index contributed by atoms with van der Waals surface area (Å²) in [6, 6.07) is 18.2. The molecule has 1 saturated heterocycles. The number of benzene rings is 2. The van der Waals surface area contributed by atoms with Crippen molar-refractivity contribution in [3.05, 3.63) is 71.6 Å². The van der Waals surface area contributed by atoms with Crippen molar-refractivity contribution in [2.75, 3.05) is 26.3 Å². The molecule has 5 rings (SSSR count). The third-order valence-corrected chi connectivity index (χ3v) is 6.96. The Labute approximate surface area is 204 Å². The summed E-state index contributed by atoms with van der Waals surface area (Å²) in [4.78, 5) is 17.6. The Kier molecular flexibility index (Phi) is 7.22. The first kappa shape index (κ1) is 23.7. The van der Waals surface area contributed by atoms with E-state index in [4.69, 9.17) is 19.1 Å². The molecule has 0 unspecified atom stereocenters. The maximum Gasteiger partial charge on any atom is 0.309 e. The van der Waals surface area contributed by atoms with E-state index in [0.29, 0.717) is 44.6 Å². The number of hydrogen-bond donors (Lipinski definition) is 1. The van der Waals surface area contributed by atoms with E-state index >= 15 is 0 Å². The Morgan fingerprint density at radius 2 is 1.71 bits per heavy atom. The molecule has 184 valence electrons. The van der Waals surface area contributed by atoms with E-state index in [1.165, 1.54) is 12.0 Å². The maximum atomic E-state index is 10.9. The van der Waals surface area contributed by atoms with Crippen LogP contribution in [0.1, 0.15) is 36.3 Å². The van der Waals surface area contributed by atoms with Gasteiger partial charge < -0.3 is 19.1 Å². The van der Waals surface area contributed by atoms with Crippen LogP contribution < -0.4 is 0 Å². The Hall–Kier alpha value is -3.07. The molecule has 2 heterocycles. The molecule has 8 nitrogen and oxygen atoms in total. The van der Waals surface area contributed by atoms with Crippen molar-refractivity contribution >= 4 is 5.97 Å². The number of likely N-dealkylation sites (tertiary alicyclic amines) is 1. The average Bonchev–Trinajstić information content (AvgIpc) is 3.29. The van der Waals surface area contributed by atoms with Gasteiger partial charge in [0.1, 0.15) is 6.61 Å². The highest BCUT2D eigenvalue weighted by molar-refractivity contribution is 5.71. The van der Waals surface area contributed by atoms with Crippen LogP contribution in [0.25, 0.3) is 11.4 Å². The second kappa shape index (κ2) is 10.7. The standard InChI is InChI=1S/C27H31N3O5/c31-26(32)23-14-30(15-23)13-20-7-9-22(10-8-20)25-28-24(35-29-25)17-34-19-27(11-4-12-27)18-33-16-21-5-2-1-3-6-21/h1-3,5-10,23H,4,11-19H2,(H,31,32). The molecule has 1 aliphatic heterocycles. The van der Waals surface area contributed by atoms with Crippen molar-refractivity contribution < 1.29 is 23.9 Å². The van der Waals surface area contributed by atoms with Gasteiger partial charge in [0.05, 0.1) is 25.7 Å². The number of aromatic nitrogens is 2. The summed E-state index contributed by atoms with van der Waals surface area (Å²) < 4.78 is 17.4. The summed E-state index contributed by atoms with van der Waals surface area (Å²) in [5.41, 5.74) is 3.26. The zero-order chi connectivity index (χ0) is 24.1. The van der Waals surface area contributed by atoms with Crippen LogP contribution in [0, 0.1) is 11.3 Å². The molecule has 1 saturated carbocycles. The van der Waals surface area contributed by atoms with Crippen molar-refractivity contribution in [3.8, 4) is 11.4 Å². The molecular formula is C27H31N3O5. The largest absolute Gasteiger partial charge is 0.481 e. The number of nitrogens with zero attached hydrogens (tertiary/aromatic N) is 3. The Bertz CT molecular complexity index is 1110. The first-order valence-electron chi connectivity index (χ1n) is 12.2. The fourth-order valence-electron chi connectivity index (χ4n) is 4.62. The molecule has 2 aromatic carbocycles. The van der Waals surface area contributed by atoms with Crippen LogP contribution in [0.4, 0.5) is 0 Å². The minimum Gasteiger partial charge on any atom is -0.481 e. The Morgan fingerprint density at radius 1 is 1.00 bits per heavy atom. The van der Waals surface area contributed by atoms with Crippen molar-refractivity contribution in [2.24, 2.45) is 11.3 Å². The molecule has 0 amide bonds. The van der Waals surface area contributed by atoms with Crippen LogP contribution in [0.15, 0.2) is 59.1 Å². The van der Waals surface area contributed by atoms with Crippen molar-refractivity contribution in [2.45, 2.75) is 39.0 Å². The Morgan fingerprint density at radius 3 is 2.37 bits per heavy atom. The van der Waals surface area contributed by atoms with Gasteiger partial charge in [-0.15, -0.1) is 0 Å². The lowest BCUT2D eigenvalue weighted by Gasteiger charge is -2.41. The third kappa shape index (κ3) is 5.96. The van der Waals surface area contributed by atoms with Gasteiger partial charge in [-0.05, 0) is 24.0 Å². The number of aliphatic carboxylic acids is 1. The normalized spacial score (nSPS) is 17.6. The minimum atomic E-state index is -0.715. The number of carbonyl (C=O) groups is 1. The lowest BCUT2D eigenvalue weighted by molar-refractivity contribution is -0.147. The van der Waals surface area contributed by atoms with Gasteiger partial charge in [-0.1, -0.05) is 66.2 Å². The van der Waals surface area contributed by atoms with Gasteiger partial charge in [-0.25, -0.2) is 0 Å². The number of carboxylic acid groups (broad SMARTS) is 1. The van der Waals surface area contributed by atoms with Crippen LogP contribution in [0.2, 0.25) is 0 Å². The summed E-state index contributed by atoms with van der Waals surface area (Å²) in [5, 5.41) is 13.1. The highest BCUT2D eigenvalue weighted by atomic mass is 16.5. The lowest BCUT2D eigenvalue weighted by atomic mass is 9.70. The number of ether oxygens (including phenoxy) is 2. The molecule has 2 fully saturated rings. The van der Waals surface area contributed by atoms with Gasteiger partial charge in [-0.3, -0.25) is 9.69 Å². The topological polar surface area (TPSA) is 97.9 Å². The van der Waals surface area contributed by atoms with Gasteiger partial charge in [-0.2, -0.15) is 4.98 Å². The average molecular weight is 478 g/mol. The zero-order valence-electron chi connectivity index (χ0n) is 19.8. The SMILES string of the molecule is O=C(O)C1CN(Cc2ccc(-c3noc(COCC4(COCc5ccccc5)CCC4)n3)cc2)C1. The van der Waals surface area contributed by atoms with Crippen LogP contribution in [-0.2, 0) is 34.0 Å². The van der Waals surface area contributed by atoms with Gasteiger partial charge in [0, 0.05) is 30.6 Å². The van der Waals surface area contributed by atoms with E-state index in [0.717, 1.165) is 30.5 Å². The van der Waals surface area contributed by atoms with Gasteiger partial charge in [0.15, 0.2) is 0 Å². The van der Waals surface area contributed by atoms with E-state index in [2.05, 4.69) is 27.2 Å². The fraction of sp³-hybridized carbons (Fsp3) is 0.444. The molecular weight excluding hydrogens is 446 g/mol. The van der Waals surface area contributed by atoms with Crippen LogP contribution >= 0.6 is 0 Å². The molecule has 0 spiro atoms. The quantitative estimate of drug-likeness (QED) is 0.415. The lowest BCUT2D eigenvalue weighted by Crippen LogP contribution is -2.49. The zero-order valence-corrected chi connectivity index (χ0v) is 19.8. The molecule has 0 bridgehead atoms. The Balaban J connectivity index is 1.06. The molecule has 8 heteroatoms. The second-order valence-electron chi connectivity index (χ2n) is 9.76. The summed E-state index contributed by atoms with van der Waals surface area (Å²) >= 11 is 0. The molecule has 3 aromatic rings. The molecule has 35 heavy (non-hydrogen) atoms. The van der Waals surface area contributed by atoms with Crippen molar-refractivity contribution in [3.63, 3.8) is 0 Å². The van der Waals surface area contributed by atoms with E-state index in [9.17, 15) is 4.79 Å². The van der Waals surface area contributed by atoms with Gasteiger partial charge in [0.25, 0.3) is 5.89 Å². The first-order valence-corrected chi connectivity index (χ1v) is 12.2. The predicted molar refractivity (Wildman–Crippen MR) is 128 cm³/mol. The number of rotatable bonds is 12. The van der Waals surface area contributed by atoms with E-state index in [-0.39, 0.29) is 17.9 Å². The number of hydrogen-bond acceptors (Lipinski definition) is 7. The third-order valence-electron chi connectivity index (χ3n) is 6.96. The monoisotopic (exact) mass is 477 g/mol. The summed E-state index contributed by atoms with van der Waals surface area (Å²) in [6.07, 6.45) is 3.42. The summed E-state index contributed by atoms with van der Waals surface area (Å²) in [6.45, 7) is 4.16. The second-order valence-corrected chi connectivity index (χ2v) is 9.76.